The van der Waals surface area contributed by atoms with Crippen molar-refractivity contribution in [3.8, 4) is 11.4 Å². The molecule has 7 heteroatoms. The number of imidazole rings is 1. The first-order valence-corrected chi connectivity index (χ1v) is 9.03. The van der Waals surface area contributed by atoms with Gasteiger partial charge in [-0.05, 0) is 42.8 Å². The summed E-state index contributed by atoms with van der Waals surface area (Å²) >= 11 is 0. The van der Waals surface area contributed by atoms with Gasteiger partial charge in [0.15, 0.2) is 5.65 Å². The molecule has 0 spiro atoms. The third-order valence-corrected chi connectivity index (χ3v) is 4.95. The number of aromatic nitrogens is 3. The minimum Gasteiger partial charge on any atom is -0.384 e. The third-order valence-electron chi connectivity index (χ3n) is 4.95. The maximum atomic E-state index is 13.4. The number of rotatable bonds is 5. The lowest BCUT2D eigenvalue weighted by Gasteiger charge is -2.19. The van der Waals surface area contributed by atoms with E-state index in [0.717, 1.165) is 29.0 Å². The normalized spacial score (nSPS) is 17.0. The molecule has 0 unspecified atom stereocenters. The summed E-state index contributed by atoms with van der Waals surface area (Å²) in [4.78, 5) is 23.5. The second-order valence-electron chi connectivity index (χ2n) is 6.68. The van der Waals surface area contributed by atoms with E-state index in [9.17, 15) is 9.18 Å². The molecule has 3 heterocycles. The lowest BCUT2D eigenvalue weighted by molar-refractivity contribution is -0.131. The number of halogens is 1. The van der Waals surface area contributed by atoms with Crippen LogP contribution in [0.4, 0.5) is 4.39 Å². The largest absolute Gasteiger partial charge is 0.384 e. The molecule has 3 aromatic rings. The Morgan fingerprint density at radius 3 is 2.89 bits per heavy atom. The van der Waals surface area contributed by atoms with Gasteiger partial charge in [0.25, 0.3) is 0 Å². The highest BCUT2D eigenvalue weighted by Gasteiger charge is 2.30. The van der Waals surface area contributed by atoms with Gasteiger partial charge >= 0.3 is 0 Å². The topological polar surface area (TPSA) is 60.2 Å². The minimum absolute atomic E-state index is 0.0800. The number of fused-ring (bicyclic) bond motifs is 1. The van der Waals surface area contributed by atoms with Crippen LogP contribution in [0, 0.1) is 5.82 Å². The van der Waals surface area contributed by atoms with Gasteiger partial charge in [0.1, 0.15) is 17.2 Å². The van der Waals surface area contributed by atoms with Gasteiger partial charge in [-0.15, -0.1) is 0 Å². The van der Waals surface area contributed by atoms with Gasteiger partial charge in [-0.3, -0.25) is 4.79 Å². The standard InChI is InChI=1S/C20H21FN4O2/c1-27-12-9-18(26)24-11-8-16(13-24)25-19(14-4-6-15(21)7-5-14)23-17-3-2-10-22-20(17)25/h2-7,10,16H,8-9,11-13H2,1H3/t16-/m0/s1. The number of amides is 1. The van der Waals surface area contributed by atoms with E-state index in [4.69, 9.17) is 9.72 Å². The Balaban J connectivity index is 1.70. The molecule has 1 aliphatic heterocycles. The van der Waals surface area contributed by atoms with Gasteiger partial charge in [0.05, 0.1) is 19.1 Å². The summed E-state index contributed by atoms with van der Waals surface area (Å²) in [5, 5.41) is 0. The van der Waals surface area contributed by atoms with Crippen molar-refractivity contribution in [2.24, 2.45) is 0 Å². The number of pyridine rings is 1. The number of ether oxygens (including phenoxy) is 1. The van der Waals surface area contributed by atoms with Crippen molar-refractivity contribution in [3.05, 3.63) is 48.4 Å². The van der Waals surface area contributed by atoms with E-state index in [0.29, 0.717) is 26.1 Å². The Morgan fingerprint density at radius 1 is 1.30 bits per heavy atom. The predicted octanol–water partition coefficient (Wildman–Crippen LogP) is 3.05. The first kappa shape index (κ1) is 17.6. The highest BCUT2D eigenvalue weighted by molar-refractivity contribution is 5.78. The van der Waals surface area contributed by atoms with E-state index in [-0.39, 0.29) is 17.8 Å². The molecule has 2 aromatic heterocycles. The van der Waals surface area contributed by atoms with Gasteiger partial charge in [-0.25, -0.2) is 14.4 Å². The van der Waals surface area contributed by atoms with Gasteiger partial charge in [-0.2, -0.15) is 0 Å². The summed E-state index contributed by atoms with van der Waals surface area (Å²) < 4.78 is 20.5. The summed E-state index contributed by atoms with van der Waals surface area (Å²) in [5.74, 6) is 0.565. The molecule has 1 aliphatic rings. The quantitative estimate of drug-likeness (QED) is 0.695. The molecule has 1 atom stereocenters. The molecular formula is C20H21FN4O2. The molecule has 1 fully saturated rings. The van der Waals surface area contributed by atoms with Crippen molar-refractivity contribution in [2.45, 2.75) is 18.9 Å². The van der Waals surface area contributed by atoms with E-state index in [2.05, 4.69) is 9.55 Å². The zero-order chi connectivity index (χ0) is 18.8. The molecule has 0 saturated carbocycles. The Labute approximate surface area is 156 Å². The summed E-state index contributed by atoms with van der Waals surface area (Å²) in [7, 11) is 1.60. The fraction of sp³-hybridized carbons (Fsp3) is 0.350. The minimum atomic E-state index is -0.282. The summed E-state index contributed by atoms with van der Waals surface area (Å²) in [6.07, 6.45) is 2.96. The number of nitrogens with zero attached hydrogens (tertiary/aromatic N) is 4. The van der Waals surface area contributed by atoms with E-state index < -0.39 is 0 Å². The van der Waals surface area contributed by atoms with E-state index in [1.807, 2.05) is 17.0 Å². The average Bonchev–Trinajstić information content (AvgIpc) is 3.31. The number of likely N-dealkylation sites (tertiary alicyclic amines) is 1. The van der Waals surface area contributed by atoms with Crippen molar-refractivity contribution in [2.75, 3.05) is 26.8 Å². The molecule has 1 amide bonds. The Bertz CT molecular complexity index is 954. The number of carbonyl (C=O) groups is 1. The number of hydrogen-bond donors (Lipinski definition) is 0. The van der Waals surface area contributed by atoms with Crippen molar-refractivity contribution >= 4 is 17.1 Å². The van der Waals surface area contributed by atoms with Crippen LogP contribution < -0.4 is 0 Å². The zero-order valence-corrected chi connectivity index (χ0v) is 15.1. The van der Waals surface area contributed by atoms with Crippen LogP contribution in [-0.4, -0.2) is 52.1 Å². The first-order chi connectivity index (χ1) is 13.2. The van der Waals surface area contributed by atoms with Crippen LogP contribution in [-0.2, 0) is 9.53 Å². The van der Waals surface area contributed by atoms with E-state index >= 15 is 0 Å². The molecular weight excluding hydrogens is 347 g/mol. The van der Waals surface area contributed by atoms with Gasteiger partial charge in [0.2, 0.25) is 5.91 Å². The number of benzene rings is 1. The maximum absolute atomic E-state index is 13.4. The molecule has 0 bridgehead atoms. The first-order valence-electron chi connectivity index (χ1n) is 9.03. The van der Waals surface area contributed by atoms with E-state index in [1.165, 1.54) is 12.1 Å². The molecule has 0 aliphatic carbocycles. The fourth-order valence-electron chi connectivity index (χ4n) is 3.60. The van der Waals surface area contributed by atoms with Crippen molar-refractivity contribution < 1.29 is 13.9 Å². The maximum Gasteiger partial charge on any atom is 0.224 e. The predicted molar refractivity (Wildman–Crippen MR) is 99.6 cm³/mol. The SMILES string of the molecule is COCCC(=O)N1CC[C@H](n2c(-c3ccc(F)cc3)nc3cccnc32)C1. The average molecular weight is 368 g/mol. The Kier molecular flexibility index (Phi) is 4.85. The van der Waals surface area contributed by atoms with Crippen LogP contribution in [0.2, 0.25) is 0 Å². The molecule has 0 N–H and O–H groups in total. The van der Waals surface area contributed by atoms with Crippen molar-refractivity contribution in [1.82, 2.24) is 19.4 Å². The van der Waals surface area contributed by atoms with Crippen LogP contribution in [0.15, 0.2) is 42.6 Å². The second-order valence-corrected chi connectivity index (χ2v) is 6.68. The Morgan fingerprint density at radius 2 is 2.11 bits per heavy atom. The van der Waals surface area contributed by atoms with Crippen LogP contribution in [0.3, 0.4) is 0 Å². The van der Waals surface area contributed by atoms with Crippen LogP contribution in [0.25, 0.3) is 22.6 Å². The highest BCUT2D eigenvalue weighted by atomic mass is 19.1. The van der Waals surface area contributed by atoms with Gasteiger partial charge in [-0.1, -0.05) is 0 Å². The van der Waals surface area contributed by atoms with Crippen LogP contribution in [0.1, 0.15) is 18.9 Å². The smallest absolute Gasteiger partial charge is 0.224 e. The Hall–Kier alpha value is -2.80. The molecule has 4 rings (SSSR count). The van der Waals surface area contributed by atoms with Crippen molar-refractivity contribution in [3.63, 3.8) is 0 Å². The molecule has 140 valence electrons. The van der Waals surface area contributed by atoms with Gasteiger partial charge in [0, 0.05) is 32.0 Å². The number of methoxy groups -OCH3 is 1. The number of hydrogen-bond acceptors (Lipinski definition) is 4. The number of carbonyl (C=O) groups excluding carboxylic acids is 1. The molecule has 1 saturated heterocycles. The third kappa shape index (κ3) is 3.42. The van der Waals surface area contributed by atoms with Crippen LogP contribution >= 0.6 is 0 Å². The summed E-state index contributed by atoms with van der Waals surface area (Å²) in [5.41, 5.74) is 2.41. The molecule has 1 aromatic carbocycles. The fourth-order valence-corrected chi connectivity index (χ4v) is 3.60. The summed E-state index contributed by atoms with van der Waals surface area (Å²) in [6, 6.07) is 10.2. The molecule has 0 radical (unpaired) electrons. The summed E-state index contributed by atoms with van der Waals surface area (Å²) in [6.45, 7) is 1.73. The van der Waals surface area contributed by atoms with Crippen LogP contribution in [0.5, 0.6) is 0 Å². The zero-order valence-electron chi connectivity index (χ0n) is 15.1. The van der Waals surface area contributed by atoms with Gasteiger partial charge < -0.3 is 14.2 Å². The highest BCUT2D eigenvalue weighted by Crippen LogP contribution is 2.32. The lowest BCUT2D eigenvalue weighted by Crippen LogP contribution is -2.29. The lowest BCUT2D eigenvalue weighted by atomic mass is 10.2. The van der Waals surface area contributed by atoms with Crippen molar-refractivity contribution in [1.29, 1.82) is 0 Å². The van der Waals surface area contributed by atoms with E-state index in [1.54, 1.807) is 25.4 Å². The second kappa shape index (κ2) is 7.44. The molecule has 27 heavy (non-hydrogen) atoms. The molecule has 6 nitrogen and oxygen atoms in total. The monoisotopic (exact) mass is 368 g/mol.